The van der Waals surface area contributed by atoms with Crippen molar-refractivity contribution in [3.8, 4) is 0 Å². The van der Waals surface area contributed by atoms with Crippen molar-refractivity contribution in [1.29, 1.82) is 0 Å². The van der Waals surface area contributed by atoms with Gasteiger partial charge in [0.15, 0.2) is 5.96 Å². The molecule has 0 aromatic carbocycles. The smallest absolute Gasteiger partial charge is 0.194 e. The van der Waals surface area contributed by atoms with Crippen LogP contribution in [0.15, 0.2) is 17.6 Å². The Morgan fingerprint density at radius 3 is 2.60 bits per heavy atom. The summed E-state index contributed by atoms with van der Waals surface area (Å²) in [6.45, 7) is 14.2. The molecule has 1 aliphatic heterocycles. The molecule has 1 heterocycles. The van der Waals surface area contributed by atoms with Crippen LogP contribution in [0.5, 0.6) is 0 Å². The van der Waals surface area contributed by atoms with Crippen LogP contribution in [-0.2, 0) is 4.74 Å². The topological polar surface area (TPSA) is 40.1 Å². The van der Waals surface area contributed by atoms with Gasteiger partial charge in [-0.05, 0) is 19.5 Å². The number of ether oxygens (including phenoxy) is 1. The van der Waals surface area contributed by atoms with E-state index in [0.717, 1.165) is 51.9 Å². The predicted octanol–water partition coefficient (Wildman–Crippen LogP) is 1.04. The highest BCUT2D eigenvalue weighted by molar-refractivity contribution is 5.80. The van der Waals surface area contributed by atoms with Crippen molar-refractivity contribution >= 4 is 5.96 Å². The summed E-state index contributed by atoms with van der Waals surface area (Å²) in [6.07, 6.45) is 1.86. The van der Waals surface area contributed by atoms with Gasteiger partial charge in [-0.3, -0.25) is 4.99 Å². The number of nitrogens with zero attached hydrogens (tertiary/aromatic N) is 3. The monoisotopic (exact) mass is 282 g/mol. The van der Waals surface area contributed by atoms with Gasteiger partial charge in [0.2, 0.25) is 0 Å². The van der Waals surface area contributed by atoms with Crippen molar-refractivity contribution in [1.82, 2.24) is 15.1 Å². The number of morpholine rings is 1. The fraction of sp³-hybridized carbons (Fsp3) is 0.800. The van der Waals surface area contributed by atoms with E-state index in [1.54, 1.807) is 0 Å². The van der Waals surface area contributed by atoms with Crippen LogP contribution in [0.3, 0.4) is 0 Å². The zero-order valence-corrected chi connectivity index (χ0v) is 13.5. The molecule has 0 atom stereocenters. The highest BCUT2D eigenvalue weighted by Gasteiger charge is 2.20. The first-order valence-electron chi connectivity index (χ1n) is 7.31. The van der Waals surface area contributed by atoms with Gasteiger partial charge in [0, 0.05) is 32.7 Å². The normalized spacial score (nSPS) is 17.4. The summed E-state index contributed by atoms with van der Waals surface area (Å²) in [6, 6.07) is 0. The molecule has 5 nitrogen and oxygen atoms in total. The molecule has 0 bridgehead atoms. The lowest BCUT2D eigenvalue weighted by Crippen LogP contribution is -2.48. The van der Waals surface area contributed by atoms with Crippen LogP contribution in [0.1, 0.15) is 13.8 Å². The predicted molar refractivity (Wildman–Crippen MR) is 85.2 cm³/mol. The number of aliphatic imine (C=N–C) groups is 1. The van der Waals surface area contributed by atoms with Gasteiger partial charge in [0.25, 0.3) is 0 Å². The Kier molecular flexibility index (Phi) is 7.02. The molecule has 1 N–H and O–H groups in total. The number of guanidine groups is 1. The summed E-state index contributed by atoms with van der Waals surface area (Å²) in [7, 11) is 4.20. The summed E-state index contributed by atoms with van der Waals surface area (Å²) < 4.78 is 5.40. The Morgan fingerprint density at radius 2 is 2.05 bits per heavy atom. The summed E-state index contributed by atoms with van der Waals surface area (Å²) in [5, 5.41) is 3.35. The molecule has 0 amide bonds. The first-order valence-corrected chi connectivity index (χ1v) is 7.31. The molecule has 1 saturated heterocycles. The Balaban J connectivity index is 2.65. The third kappa shape index (κ3) is 6.39. The Labute approximate surface area is 123 Å². The number of hydrogen-bond acceptors (Lipinski definition) is 3. The van der Waals surface area contributed by atoms with Crippen molar-refractivity contribution < 1.29 is 4.74 Å². The fourth-order valence-corrected chi connectivity index (χ4v) is 2.40. The second kappa shape index (κ2) is 8.27. The molecule has 20 heavy (non-hydrogen) atoms. The molecule has 0 spiro atoms. The van der Waals surface area contributed by atoms with E-state index in [4.69, 9.17) is 9.73 Å². The second-order valence-corrected chi connectivity index (χ2v) is 6.31. The van der Waals surface area contributed by atoms with Crippen molar-refractivity contribution in [2.75, 3.05) is 60.0 Å². The lowest BCUT2D eigenvalue weighted by atomic mass is 9.93. The van der Waals surface area contributed by atoms with Gasteiger partial charge < -0.3 is 19.9 Å². The van der Waals surface area contributed by atoms with E-state index in [9.17, 15) is 0 Å². The first kappa shape index (κ1) is 17.0. The van der Waals surface area contributed by atoms with Crippen LogP contribution < -0.4 is 5.32 Å². The molecule has 0 unspecified atom stereocenters. The SMILES string of the molecule is C=CCNC(=NCC(C)(C)CN(C)C)N1CCOCC1. The molecule has 0 saturated carbocycles. The molecule has 0 aromatic rings. The van der Waals surface area contributed by atoms with Gasteiger partial charge in [-0.25, -0.2) is 0 Å². The van der Waals surface area contributed by atoms with Gasteiger partial charge >= 0.3 is 0 Å². The average molecular weight is 282 g/mol. The molecule has 5 heteroatoms. The first-order chi connectivity index (χ1) is 9.44. The van der Waals surface area contributed by atoms with E-state index < -0.39 is 0 Å². The lowest BCUT2D eigenvalue weighted by molar-refractivity contribution is 0.0664. The van der Waals surface area contributed by atoms with Crippen LogP contribution in [0.4, 0.5) is 0 Å². The molecule has 0 aromatic heterocycles. The molecule has 1 rings (SSSR count). The van der Waals surface area contributed by atoms with E-state index in [-0.39, 0.29) is 5.41 Å². The number of hydrogen-bond donors (Lipinski definition) is 1. The maximum Gasteiger partial charge on any atom is 0.194 e. The summed E-state index contributed by atoms with van der Waals surface area (Å²) >= 11 is 0. The number of rotatable bonds is 6. The molecule has 0 aliphatic carbocycles. The Hall–Kier alpha value is -1.07. The van der Waals surface area contributed by atoms with Crippen LogP contribution in [0.25, 0.3) is 0 Å². The maximum absolute atomic E-state index is 5.40. The maximum atomic E-state index is 5.40. The van der Waals surface area contributed by atoms with Gasteiger partial charge in [0.05, 0.1) is 13.2 Å². The minimum atomic E-state index is 0.164. The quantitative estimate of drug-likeness (QED) is 0.449. The summed E-state index contributed by atoms with van der Waals surface area (Å²) in [5.41, 5.74) is 0.164. The summed E-state index contributed by atoms with van der Waals surface area (Å²) in [5.74, 6) is 0.972. The van der Waals surface area contributed by atoms with E-state index >= 15 is 0 Å². The highest BCUT2D eigenvalue weighted by Crippen LogP contribution is 2.16. The molecule has 1 aliphatic rings. The van der Waals surface area contributed by atoms with Crippen LogP contribution in [-0.4, -0.2) is 75.8 Å². The van der Waals surface area contributed by atoms with E-state index in [1.165, 1.54) is 0 Å². The molecule has 0 radical (unpaired) electrons. The minimum Gasteiger partial charge on any atom is -0.378 e. The highest BCUT2D eigenvalue weighted by atomic mass is 16.5. The van der Waals surface area contributed by atoms with Gasteiger partial charge in [-0.1, -0.05) is 19.9 Å². The zero-order chi connectivity index (χ0) is 15.0. The fourth-order valence-electron chi connectivity index (χ4n) is 2.40. The molecule has 116 valence electrons. The van der Waals surface area contributed by atoms with Crippen LogP contribution in [0.2, 0.25) is 0 Å². The minimum absolute atomic E-state index is 0.164. The lowest BCUT2D eigenvalue weighted by Gasteiger charge is -2.32. The van der Waals surface area contributed by atoms with Gasteiger partial charge in [-0.15, -0.1) is 6.58 Å². The van der Waals surface area contributed by atoms with Crippen molar-refractivity contribution in [3.05, 3.63) is 12.7 Å². The van der Waals surface area contributed by atoms with Gasteiger partial charge in [-0.2, -0.15) is 0 Å². The van der Waals surface area contributed by atoms with Crippen LogP contribution >= 0.6 is 0 Å². The van der Waals surface area contributed by atoms with Crippen molar-refractivity contribution in [2.45, 2.75) is 13.8 Å². The molecular weight excluding hydrogens is 252 g/mol. The van der Waals surface area contributed by atoms with E-state index in [1.807, 2.05) is 6.08 Å². The second-order valence-electron chi connectivity index (χ2n) is 6.31. The average Bonchev–Trinajstić information content (AvgIpc) is 2.38. The zero-order valence-electron chi connectivity index (χ0n) is 13.5. The van der Waals surface area contributed by atoms with Crippen molar-refractivity contribution in [2.24, 2.45) is 10.4 Å². The standard InChI is InChI=1S/C15H30N4O/c1-6-7-16-14(19-8-10-20-11-9-19)17-12-15(2,3)13-18(4)5/h6H,1,7-13H2,2-5H3,(H,16,17). The summed E-state index contributed by atoms with van der Waals surface area (Å²) in [4.78, 5) is 9.28. The van der Waals surface area contributed by atoms with Crippen LogP contribution in [0, 0.1) is 5.41 Å². The van der Waals surface area contributed by atoms with E-state index in [2.05, 4.69) is 49.6 Å². The van der Waals surface area contributed by atoms with E-state index in [0.29, 0.717) is 0 Å². The Morgan fingerprint density at radius 1 is 1.40 bits per heavy atom. The van der Waals surface area contributed by atoms with Gasteiger partial charge in [0.1, 0.15) is 0 Å². The largest absolute Gasteiger partial charge is 0.378 e. The third-order valence-electron chi connectivity index (χ3n) is 3.12. The third-order valence-corrected chi connectivity index (χ3v) is 3.12. The molecular formula is C15H30N4O. The number of nitrogens with one attached hydrogen (secondary N) is 1. The van der Waals surface area contributed by atoms with Crippen molar-refractivity contribution in [3.63, 3.8) is 0 Å². The Bertz CT molecular complexity index is 320. The molecule has 1 fully saturated rings.